The molecule has 1 aromatic carbocycles. The summed E-state index contributed by atoms with van der Waals surface area (Å²) in [6, 6.07) is 7.38. The zero-order chi connectivity index (χ0) is 24.4. The van der Waals surface area contributed by atoms with Gasteiger partial charge in [-0.15, -0.1) is 18.3 Å². The molecule has 0 radical (unpaired) electrons. The number of hydrogen-bond acceptors (Lipinski definition) is 6. The molecule has 1 aromatic heterocycles. The predicted octanol–water partition coefficient (Wildman–Crippen LogP) is 4.54. The molecule has 0 spiro atoms. The van der Waals surface area contributed by atoms with E-state index in [9.17, 15) is 18.0 Å². The summed E-state index contributed by atoms with van der Waals surface area (Å²) in [6.07, 6.45) is -5.40. The fourth-order valence-electron chi connectivity index (χ4n) is 3.39. The number of alkyl halides is 3. The zero-order valence-electron chi connectivity index (χ0n) is 19.3. The largest absolute Gasteiger partial charge is 0.573 e. The van der Waals surface area contributed by atoms with Crippen LogP contribution in [0.5, 0.6) is 5.75 Å². The number of nitrogens with zero attached hydrogens (tertiary/aromatic N) is 4. The van der Waals surface area contributed by atoms with E-state index >= 15 is 0 Å². The van der Waals surface area contributed by atoms with Gasteiger partial charge < -0.3 is 24.0 Å². The minimum absolute atomic E-state index is 0.305. The molecular weight excluding hydrogens is 441 g/mol. The minimum atomic E-state index is -4.75. The van der Waals surface area contributed by atoms with Crippen LogP contribution in [0.3, 0.4) is 0 Å². The summed E-state index contributed by atoms with van der Waals surface area (Å²) in [5.74, 6) is 0.381. The maximum Gasteiger partial charge on any atom is 0.573 e. The fraction of sp³-hybridized carbons (Fsp3) is 0.545. The molecule has 1 fully saturated rings. The zero-order valence-corrected chi connectivity index (χ0v) is 19.3. The highest BCUT2D eigenvalue weighted by atomic mass is 19.4. The molecule has 0 N–H and O–H groups in total. The van der Waals surface area contributed by atoms with Gasteiger partial charge in [0, 0.05) is 39.4 Å². The molecule has 0 aliphatic carbocycles. The van der Waals surface area contributed by atoms with Crippen molar-refractivity contribution in [3.63, 3.8) is 0 Å². The molecule has 3 rings (SSSR count). The van der Waals surface area contributed by atoms with Crippen LogP contribution in [0.2, 0.25) is 0 Å². The van der Waals surface area contributed by atoms with E-state index in [1.807, 2.05) is 38.7 Å². The molecule has 182 valence electrons. The Labute approximate surface area is 190 Å². The summed E-state index contributed by atoms with van der Waals surface area (Å²) >= 11 is 0. The lowest BCUT2D eigenvalue weighted by molar-refractivity contribution is -0.274. The van der Waals surface area contributed by atoms with Crippen molar-refractivity contribution in [2.45, 2.75) is 45.8 Å². The number of carbonyl (C=O) groups excluding carboxylic acids is 1. The minimum Gasteiger partial charge on any atom is -0.444 e. The van der Waals surface area contributed by atoms with Gasteiger partial charge in [-0.3, -0.25) is 0 Å². The van der Waals surface area contributed by atoms with Crippen LogP contribution in [0, 0.1) is 0 Å². The summed E-state index contributed by atoms with van der Waals surface area (Å²) < 4.78 is 53.8. The van der Waals surface area contributed by atoms with Crippen molar-refractivity contribution in [1.82, 2.24) is 14.7 Å². The Morgan fingerprint density at radius 1 is 1.06 bits per heavy atom. The average Bonchev–Trinajstić information content (AvgIpc) is 3.17. The van der Waals surface area contributed by atoms with Crippen LogP contribution in [-0.4, -0.2) is 66.0 Å². The third-order valence-corrected chi connectivity index (χ3v) is 5.06. The van der Waals surface area contributed by atoms with Crippen molar-refractivity contribution in [1.29, 1.82) is 0 Å². The van der Waals surface area contributed by atoms with Crippen molar-refractivity contribution in [3.8, 4) is 11.4 Å². The van der Waals surface area contributed by atoms with Gasteiger partial charge in [0.05, 0.1) is 17.5 Å². The van der Waals surface area contributed by atoms with Crippen LogP contribution in [0.1, 0.15) is 39.5 Å². The van der Waals surface area contributed by atoms with Crippen molar-refractivity contribution in [2.75, 3.05) is 38.2 Å². The number of ether oxygens (including phenoxy) is 3. The molecule has 11 heteroatoms. The van der Waals surface area contributed by atoms with E-state index in [2.05, 4.69) is 9.84 Å². The van der Waals surface area contributed by atoms with Gasteiger partial charge in [-0.05, 0) is 52.0 Å². The van der Waals surface area contributed by atoms with E-state index in [-0.39, 0.29) is 17.9 Å². The molecule has 1 amide bonds. The Balaban J connectivity index is 1.77. The summed E-state index contributed by atoms with van der Waals surface area (Å²) in [6.45, 7) is 9.45. The van der Waals surface area contributed by atoms with Gasteiger partial charge in [0.15, 0.2) is 5.82 Å². The van der Waals surface area contributed by atoms with Gasteiger partial charge in [-0.1, -0.05) is 0 Å². The number of piperazine rings is 1. The van der Waals surface area contributed by atoms with E-state index in [1.165, 1.54) is 24.3 Å². The second-order valence-electron chi connectivity index (χ2n) is 8.71. The quantitative estimate of drug-likeness (QED) is 0.639. The van der Waals surface area contributed by atoms with Gasteiger partial charge in [-0.25, -0.2) is 9.48 Å². The van der Waals surface area contributed by atoms with E-state index < -0.39 is 12.0 Å². The molecule has 1 saturated heterocycles. The number of hydrogen-bond donors (Lipinski definition) is 0. The molecule has 8 nitrogen and oxygen atoms in total. The number of amides is 1. The topological polar surface area (TPSA) is 69.1 Å². The van der Waals surface area contributed by atoms with Crippen LogP contribution in [0.4, 0.5) is 23.8 Å². The number of anilines is 1. The van der Waals surface area contributed by atoms with Crippen molar-refractivity contribution < 1.29 is 32.2 Å². The van der Waals surface area contributed by atoms with Gasteiger partial charge in [-0.2, -0.15) is 0 Å². The molecule has 1 aliphatic rings. The molecule has 0 saturated carbocycles. The van der Waals surface area contributed by atoms with Gasteiger partial charge in [0.1, 0.15) is 11.4 Å². The van der Waals surface area contributed by atoms with Gasteiger partial charge >= 0.3 is 12.5 Å². The molecule has 2 heterocycles. The highest BCUT2D eigenvalue weighted by Crippen LogP contribution is 2.28. The van der Waals surface area contributed by atoms with Gasteiger partial charge in [0.2, 0.25) is 0 Å². The summed E-state index contributed by atoms with van der Waals surface area (Å²) in [4.78, 5) is 16.0. The number of halogens is 3. The van der Waals surface area contributed by atoms with E-state index in [1.54, 1.807) is 16.7 Å². The van der Waals surface area contributed by atoms with Gasteiger partial charge in [0.25, 0.3) is 0 Å². The van der Waals surface area contributed by atoms with Crippen molar-refractivity contribution in [2.24, 2.45) is 0 Å². The third kappa shape index (κ3) is 6.53. The fourth-order valence-corrected chi connectivity index (χ4v) is 3.39. The Hall–Kier alpha value is -2.95. The van der Waals surface area contributed by atoms with Crippen molar-refractivity contribution >= 4 is 11.9 Å². The van der Waals surface area contributed by atoms with Crippen LogP contribution < -0.4 is 9.64 Å². The van der Waals surface area contributed by atoms with Crippen molar-refractivity contribution in [3.05, 3.63) is 36.0 Å². The number of benzene rings is 1. The lowest BCUT2D eigenvalue weighted by Gasteiger charge is -2.35. The Morgan fingerprint density at radius 3 is 2.18 bits per heavy atom. The Bertz CT molecular complexity index is 946. The first-order valence-electron chi connectivity index (χ1n) is 10.6. The monoisotopic (exact) mass is 470 g/mol. The van der Waals surface area contributed by atoms with Crippen LogP contribution >= 0.6 is 0 Å². The molecule has 0 bridgehead atoms. The maximum atomic E-state index is 12.5. The molecule has 33 heavy (non-hydrogen) atoms. The Kier molecular flexibility index (Phi) is 7.11. The highest BCUT2D eigenvalue weighted by Gasteiger charge is 2.31. The average molecular weight is 470 g/mol. The molecule has 1 atom stereocenters. The number of methoxy groups -OCH3 is 1. The normalized spacial score (nSPS) is 16.0. The van der Waals surface area contributed by atoms with Crippen LogP contribution in [0.25, 0.3) is 5.69 Å². The summed E-state index contributed by atoms with van der Waals surface area (Å²) in [5.41, 5.74) is 0.757. The molecule has 1 aliphatic heterocycles. The molecule has 1 unspecified atom stereocenters. The van der Waals surface area contributed by atoms with E-state index in [0.717, 1.165) is 5.69 Å². The standard InChI is InChI=1S/C22H29F3N4O4/c1-15(31-5)18-14-19(27-10-12-28(13-11-27)20(30)33-21(2,3)4)26-29(18)16-6-8-17(9-7-16)32-22(23,24)25/h6-9,14-15H,10-13H2,1-5H3. The Morgan fingerprint density at radius 2 is 1.67 bits per heavy atom. The number of carbonyl (C=O) groups is 1. The second-order valence-corrected chi connectivity index (χ2v) is 8.71. The van der Waals surface area contributed by atoms with Crippen LogP contribution in [-0.2, 0) is 9.47 Å². The predicted molar refractivity (Wildman–Crippen MR) is 116 cm³/mol. The summed E-state index contributed by atoms with van der Waals surface area (Å²) in [5, 5.41) is 4.67. The first-order valence-corrected chi connectivity index (χ1v) is 10.6. The first kappa shape index (κ1) is 24.7. The highest BCUT2D eigenvalue weighted by molar-refractivity contribution is 5.68. The lowest BCUT2D eigenvalue weighted by Crippen LogP contribution is -2.50. The SMILES string of the molecule is COC(C)c1cc(N2CCN(C(=O)OC(C)(C)C)CC2)nn1-c1ccc(OC(F)(F)F)cc1. The summed E-state index contributed by atoms with van der Waals surface area (Å²) in [7, 11) is 1.57. The second kappa shape index (κ2) is 9.50. The third-order valence-electron chi connectivity index (χ3n) is 5.06. The maximum absolute atomic E-state index is 12.5. The molecule has 2 aromatic rings. The number of aromatic nitrogens is 2. The first-order chi connectivity index (χ1) is 15.4. The molecular formula is C22H29F3N4O4. The smallest absolute Gasteiger partial charge is 0.444 e. The van der Waals surface area contributed by atoms with E-state index in [4.69, 9.17) is 9.47 Å². The van der Waals surface area contributed by atoms with Crippen LogP contribution in [0.15, 0.2) is 30.3 Å². The lowest BCUT2D eigenvalue weighted by atomic mass is 10.2. The van der Waals surface area contributed by atoms with E-state index in [0.29, 0.717) is 37.7 Å². The number of rotatable bonds is 5.